The van der Waals surface area contributed by atoms with Crippen molar-refractivity contribution in [3.8, 4) is 5.69 Å². The summed E-state index contributed by atoms with van der Waals surface area (Å²) in [5, 5.41) is 0. The van der Waals surface area contributed by atoms with Gasteiger partial charge < -0.3 is 0 Å². The first-order valence-electron chi connectivity index (χ1n) is 13.3. The summed E-state index contributed by atoms with van der Waals surface area (Å²) in [7, 11) is -8.54. The molecular formula is C32H28N4O4S2. The minimum atomic E-state index is -4.30. The third-order valence-corrected chi connectivity index (χ3v) is 10.2. The largest absolute Gasteiger partial charge is 0.277 e. The lowest BCUT2D eigenvalue weighted by atomic mass is 10.1. The van der Waals surface area contributed by atoms with Crippen LogP contribution in [-0.2, 0) is 19.9 Å². The lowest BCUT2D eigenvalue weighted by Crippen LogP contribution is -2.18. The second kappa shape index (κ2) is 10.1. The van der Waals surface area contributed by atoms with Gasteiger partial charge in [0.2, 0.25) is 9.84 Å². The number of aromatic nitrogens is 3. The number of rotatable bonds is 6. The van der Waals surface area contributed by atoms with Crippen LogP contribution in [0.15, 0.2) is 106 Å². The first-order chi connectivity index (χ1) is 19.9. The zero-order valence-corrected chi connectivity index (χ0v) is 25.1. The summed E-state index contributed by atoms with van der Waals surface area (Å²) in [4.78, 5) is 9.33. The highest BCUT2D eigenvalue weighted by Crippen LogP contribution is 2.40. The van der Waals surface area contributed by atoms with Crippen LogP contribution in [0.4, 0.5) is 5.82 Å². The summed E-state index contributed by atoms with van der Waals surface area (Å²) in [5.74, 6) is -0.161. The predicted octanol–water partition coefficient (Wildman–Crippen LogP) is 6.44. The number of para-hydroxylation sites is 2. The average Bonchev–Trinajstić information content (AvgIpc) is 3.24. The van der Waals surface area contributed by atoms with Gasteiger partial charge in [0.1, 0.15) is 16.2 Å². The standard InChI is InChI=1S/C32H28N4O4S2/c1-20-9-13-25(14-10-20)41(37,38)30-29-31(34-28-8-6-5-7-27(28)33-29)36(24-18-22(3)17-23(4)19-24)32(30)35-42(39,40)26-15-11-21(2)12-16-26/h5-19,35H,1-4H3. The summed E-state index contributed by atoms with van der Waals surface area (Å²) in [6.45, 7) is 7.56. The maximum Gasteiger partial charge on any atom is 0.263 e. The van der Waals surface area contributed by atoms with E-state index >= 15 is 0 Å². The minimum absolute atomic E-state index is 0.00454. The number of fused-ring (bicyclic) bond motifs is 2. The molecule has 0 fully saturated rings. The molecular weight excluding hydrogens is 569 g/mol. The molecule has 0 aliphatic heterocycles. The summed E-state index contributed by atoms with van der Waals surface area (Å²) in [6, 6.07) is 25.6. The van der Waals surface area contributed by atoms with E-state index in [9.17, 15) is 16.8 Å². The molecule has 4 aromatic carbocycles. The summed E-state index contributed by atoms with van der Waals surface area (Å²) >= 11 is 0. The van der Waals surface area contributed by atoms with Crippen LogP contribution in [0.5, 0.6) is 0 Å². The van der Waals surface area contributed by atoms with Crippen molar-refractivity contribution >= 4 is 47.9 Å². The van der Waals surface area contributed by atoms with Gasteiger partial charge in [-0.15, -0.1) is 0 Å². The number of anilines is 1. The fourth-order valence-corrected chi connectivity index (χ4v) is 7.68. The quantitative estimate of drug-likeness (QED) is 0.237. The number of benzene rings is 4. The second-order valence-electron chi connectivity index (χ2n) is 10.5. The molecule has 1 N–H and O–H groups in total. The number of hydrogen-bond acceptors (Lipinski definition) is 6. The molecule has 0 saturated carbocycles. The van der Waals surface area contributed by atoms with E-state index < -0.39 is 19.9 Å². The average molecular weight is 597 g/mol. The SMILES string of the molecule is Cc1ccc(S(=O)(=O)Nc2c(S(=O)(=O)c3ccc(C)cc3)c3nc4ccccc4nc3n2-c2cc(C)cc(C)c2)cc1. The highest BCUT2D eigenvalue weighted by Gasteiger charge is 2.34. The van der Waals surface area contributed by atoms with E-state index in [1.54, 1.807) is 47.0 Å². The van der Waals surface area contributed by atoms with Crippen LogP contribution >= 0.6 is 0 Å². The van der Waals surface area contributed by atoms with Crippen LogP contribution in [0.1, 0.15) is 22.3 Å². The highest BCUT2D eigenvalue weighted by atomic mass is 32.2. The van der Waals surface area contributed by atoms with Gasteiger partial charge in [-0.25, -0.2) is 26.8 Å². The van der Waals surface area contributed by atoms with Crippen molar-refractivity contribution < 1.29 is 16.8 Å². The van der Waals surface area contributed by atoms with Gasteiger partial charge in [0.15, 0.2) is 5.65 Å². The van der Waals surface area contributed by atoms with Crippen LogP contribution in [0.3, 0.4) is 0 Å². The lowest BCUT2D eigenvalue weighted by molar-refractivity contribution is 0.597. The Hall–Kier alpha value is -4.54. The van der Waals surface area contributed by atoms with Crippen molar-refractivity contribution in [3.63, 3.8) is 0 Å². The van der Waals surface area contributed by atoms with Gasteiger partial charge in [-0.1, -0.05) is 53.6 Å². The third kappa shape index (κ3) is 4.82. The summed E-state index contributed by atoms with van der Waals surface area (Å²) < 4.78 is 60.8. The Balaban J connectivity index is 1.76. The van der Waals surface area contributed by atoms with Gasteiger partial charge in [0, 0.05) is 5.69 Å². The number of nitrogens with zero attached hydrogens (tertiary/aromatic N) is 3. The lowest BCUT2D eigenvalue weighted by Gasteiger charge is -2.16. The van der Waals surface area contributed by atoms with Gasteiger partial charge in [-0.3, -0.25) is 9.29 Å². The molecule has 6 rings (SSSR count). The zero-order chi connectivity index (χ0) is 29.8. The molecule has 0 spiro atoms. The number of sulfone groups is 1. The first-order valence-corrected chi connectivity index (χ1v) is 16.2. The third-order valence-electron chi connectivity index (χ3n) is 7.04. The van der Waals surface area contributed by atoms with Crippen LogP contribution in [0, 0.1) is 27.7 Å². The van der Waals surface area contributed by atoms with Crippen molar-refractivity contribution in [2.45, 2.75) is 42.4 Å². The van der Waals surface area contributed by atoms with Gasteiger partial charge >= 0.3 is 0 Å². The Morgan fingerprint density at radius 3 is 1.71 bits per heavy atom. The highest BCUT2D eigenvalue weighted by molar-refractivity contribution is 7.93. The van der Waals surface area contributed by atoms with E-state index in [2.05, 4.69) is 4.72 Å². The monoisotopic (exact) mass is 596 g/mol. The van der Waals surface area contributed by atoms with Crippen LogP contribution in [0.2, 0.25) is 0 Å². The first kappa shape index (κ1) is 27.6. The fourth-order valence-electron chi connectivity index (χ4n) is 5.04. The van der Waals surface area contributed by atoms with Gasteiger partial charge in [-0.2, -0.15) is 0 Å². The van der Waals surface area contributed by atoms with Crippen molar-refractivity contribution in [1.29, 1.82) is 0 Å². The molecule has 0 radical (unpaired) electrons. The van der Waals surface area contributed by atoms with Gasteiger partial charge in [0.25, 0.3) is 10.0 Å². The Morgan fingerprint density at radius 1 is 0.619 bits per heavy atom. The van der Waals surface area contributed by atoms with Crippen molar-refractivity contribution in [3.05, 3.63) is 113 Å². The van der Waals surface area contributed by atoms with E-state index in [1.165, 1.54) is 24.3 Å². The molecule has 0 amide bonds. The normalized spacial score (nSPS) is 12.2. The molecule has 8 nitrogen and oxygen atoms in total. The van der Waals surface area contributed by atoms with Crippen LogP contribution in [0.25, 0.3) is 27.9 Å². The Bertz CT molecular complexity index is 2200. The predicted molar refractivity (Wildman–Crippen MR) is 164 cm³/mol. The Labute approximate surface area is 244 Å². The van der Waals surface area contributed by atoms with E-state index in [4.69, 9.17) is 9.97 Å². The van der Waals surface area contributed by atoms with Crippen LogP contribution in [-0.4, -0.2) is 31.4 Å². The number of hydrogen-bond donors (Lipinski definition) is 1. The molecule has 0 aliphatic rings. The molecule has 42 heavy (non-hydrogen) atoms. The van der Waals surface area contributed by atoms with E-state index in [0.717, 1.165) is 22.3 Å². The minimum Gasteiger partial charge on any atom is -0.277 e. The Kier molecular flexibility index (Phi) is 6.63. The maximum atomic E-state index is 14.4. The molecule has 10 heteroatoms. The summed E-state index contributed by atoms with van der Waals surface area (Å²) in [5.41, 5.74) is 5.46. The van der Waals surface area contributed by atoms with Crippen LogP contribution < -0.4 is 4.72 Å². The van der Waals surface area contributed by atoms with E-state index in [0.29, 0.717) is 16.7 Å². The molecule has 2 heterocycles. The topological polar surface area (TPSA) is 111 Å². The fraction of sp³-hybridized carbons (Fsp3) is 0.125. The van der Waals surface area contributed by atoms with Crippen molar-refractivity contribution in [2.75, 3.05) is 4.72 Å². The summed E-state index contributed by atoms with van der Waals surface area (Å²) in [6.07, 6.45) is 0. The van der Waals surface area contributed by atoms with Crippen molar-refractivity contribution in [2.24, 2.45) is 0 Å². The molecule has 6 aromatic rings. The molecule has 0 saturated heterocycles. The zero-order valence-electron chi connectivity index (χ0n) is 23.5. The van der Waals surface area contributed by atoms with E-state index in [-0.39, 0.29) is 31.7 Å². The van der Waals surface area contributed by atoms with E-state index in [1.807, 2.05) is 52.0 Å². The molecule has 2 aromatic heterocycles. The molecule has 0 bridgehead atoms. The molecule has 212 valence electrons. The molecule has 0 unspecified atom stereocenters. The van der Waals surface area contributed by atoms with Crippen molar-refractivity contribution in [1.82, 2.24) is 14.5 Å². The second-order valence-corrected chi connectivity index (χ2v) is 14.0. The maximum absolute atomic E-state index is 14.4. The van der Waals surface area contributed by atoms with Gasteiger partial charge in [-0.05, 0) is 87.4 Å². The van der Waals surface area contributed by atoms with Gasteiger partial charge in [0.05, 0.1) is 20.8 Å². The number of sulfonamides is 1. The Morgan fingerprint density at radius 2 is 1.14 bits per heavy atom. The number of nitrogens with one attached hydrogen (secondary N) is 1. The molecule has 0 atom stereocenters. The number of aryl methyl sites for hydroxylation is 4. The smallest absolute Gasteiger partial charge is 0.263 e. The molecule has 0 aliphatic carbocycles.